The van der Waals surface area contributed by atoms with Crippen molar-refractivity contribution in [3.05, 3.63) is 28.5 Å². The molecule has 0 aliphatic carbocycles. The number of carbonyl (C=O) groups is 1. The standard InChI is InChI=1S/C14H13ClFN3O3S2/c1-4-5-18-24(21,22)19(9(2)3)14(20)10-6-13(17-8-23)12(16)7-11(10)15/h1,6-7,9,18H,5H2,2-3H3. The molecule has 128 valence electrons. The first kappa shape index (κ1) is 20.2. The average Bonchev–Trinajstić information content (AvgIpc) is 2.47. The van der Waals surface area contributed by atoms with Gasteiger partial charge >= 0.3 is 10.2 Å². The van der Waals surface area contributed by atoms with Crippen molar-refractivity contribution in [2.24, 2.45) is 4.99 Å². The summed E-state index contributed by atoms with van der Waals surface area (Å²) in [5.41, 5.74) is -0.530. The quantitative estimate of drug-likeness (QED) is 0.460. The molecular formula is C14H13ClFN3O3S2. The van der Waals surface area contributed by atoms with E-state index in [2.05, 4.69) is 27.9 Å². The first-order valence-corrected chi connectivity index (χ1v) is 8.72. The fourth-order valence-corrected chi connectivity index (χ4v) is 3.38. The molecule has 6 nitrogen and oxygen atoms in total. The predicted molar refractivity (Wildman–Crippen MR) is 93.2 cm³/mol. The van der Waals surface area contributed by atoms with Crippen LogP contribution in [-0.4, -0.2) is 36.4 Å². The monoisotopic (exact) mass is 389 g/mol. The van der Waals surface area contributed by atoms with E-state index < -0.39 is 28.0 Å². The van der Waals surface area contributed by atoms with Crippen molar-refractivity contribution in [2.75, 3.05) is 6.54 Å². The highest BCUT2D eigenvalue weighted by Crippen LogP contribution is 2.28. The van der Waals surface area contributed by atoms with Crippen LogP contribution in [-0.2, 0) is 10.2 Å². The molecule has 0 radical (unpaired) electrons. The zero-order valence-electron chi connectivity index (χ0n) is 12.7. The van der Waals surface area contributed by atoms with Crippen molar-refractivity contribution >= 4 is 50.8 Å². The van der Waals surface area contributed by atoms with Gasteiger partial charge in [-0.3, -0.25) is 4.79 Å². The topological polar surface area (TPSA) is 78.8 Å². The van der Waals surface area contributed by atoms with E-state index in [4.69, 9.17) is 18.0 Å². The number of hydrogen-bond acceptors (Lipinski definition) is 5. The maximum Gasteiger partial charge on any atom is 0.305 e. The lowest BCUT2D eigenvalue weighted by atomic mass is 10.1. The summed E-state index contributed by atoms with van der Waals surface area (Å²) in [7, 11) is -4.21. The van der Waals surface area contributed by atoms with E-state index in [-0.39, 0.29) is 22.8 Å². The zero-order chi connectivity index (χ0) is 18.5. The molecule has 0 aliphatic heterocycles. The van der Waals surface area contributed by atoms with Gasteiger partial charge in [0.1, 0.15) is 5.69 Å². The Morgan fingerprint density at radius 2 is 2.17 bits per heavy atom. The Bertz CT molecular complexity index is 844. The summed E-state index contributed by atoms with van der Waals surface area (Å²) in [6, 6.07) is 1.11. The van der Waals surface area contributed by atoms with Crippen molar-refractivity contribution in [1.82, 2.24) is 9.03 Å². The van der Waals surface area contributed by atoms with Crippen molar-refractivity contribution in [1.29, 1.82) is 0 Å². The number of nitrogens with one attached hydrogen (secondary N) is 1. The number of halogens is 2. The summed E-state index contributed by atoms with van der Waals surface area (Å²) in [5, 5.41) is 1.70. The lowest BCUT2D eigenvalue weighted by Gasteiger charge is -2.26. The van der Waals surface area contributed by atoms with Gasteiger partial charge in [0.2, 0.25) is 0 Å². The molecule has 0 bridgehead atoms. The molecule has 0 aromatic heterocycles. The molecule has 0 saturated carbocycles. The molecule has 0 spiro atoms. The molecule has 0 unspecified atom stereocenters. The van der Waals surface area contributed by atoms with Crippen molar-refractivity contribution < 1.29 is 17.6 Å². The van der Waals surface area contributed by atoms with E-state index >= 15 is 0 Å². The van der Waals surface area contributed by atoms with Crippen molar-refractivity contribution in [2.45, 2.75) is 19.9 Å². The van der Waals surface area contributed by atoms with Crippen LogP contribution in [0.15, 0.2) is 17.1 Å². The van der Waals surface area contributed by atoms with Gasteiger partial charge in [-0.05, 0) is 38.2 Å². The van der Waals surface area contributed by atoms with Gasteiger partial charge in [-0.2, -0.15) is 18.1 Å². The fraction of sp³-hybridized carbons (Fsp3) is 0.286. The third-order valence-electron chi connectivity index (χ3n) is 2.72. The third kappa shape index (κ3) is 4.60. The van der Waals surface area contributed by atoms with E-state index in [1.807, 2.05) is 5.16 Å². The largest absolute Gasteiger partial charge is 0.305 e. The van der Waals surface area contributed by atoms with Gasteiger partial charge in [-0.15, -0.1) is 6.42 Å². The second-order valence-corrected chi connectivity index (χ2v) is 6.93. The van der Waals surface area contributed by atoms with Gasteiger partial charge in [0, 0.05) is 6.04 Å². The fourth-order valence-electron chi connectivity index (χ4n) is 1.78. The minimum atomic E-state index is -4.21. The van der Waals surface area contributed by atoms with Crippen LogP contribution in [0.3, 0.4) is 0 Å². The van der Waals surface area contributed by atoms with Crippen LogP contribution in [0.5, 0.6) is 0 Å². The number of terminal acetylenes is 1. The molecule has 0 fully saturated rings. The molecule has 1 aromatic rings. The van der Waals surface area contributed by atoms with E-state index in [1.54, 1.807) is 0 Å². The molecule has 0 aliphatic rings. The van der Waals surface area contributed by atoms with Gasteiger partial charge in [0.25, 0.3) is 5.91 Å². The Morgan fingerprint density at radius 3 is 2.67 bits per heavy atom. The molecule has 1 aromatic carbocycles. The van der Waals surface area contributed by atoms with Crippen LogP contribution in [0, 0.1) is 18.2 Å². The van der Waals surface area contributed by atoms with Crippen molar-refractivity contribution in [3.8, 4) is 12.3 Å². The van der Waals surface area contributed by atoms with Crippen LogP contribution in [0.1, 0.15) is 24.2 Å². The summed E-state index contributed by atoms with van der Waals surface area (Å²) < 4.78 is 40.9. The Hall–Kier alpha value is -1.82. The van der Waals surface area contributed by atoms with Gasteiger partial charge in [0.15, 0.2) is 5.82 Å². The van der Waals surface area contributed by atoms with E-state index in [0.29, 0.717) is 4.31 Å². The third-order valence-corrected chi connectivity index (χ3v) is 4.74. The number of hydrogen-bond donors (Lipinski definition) is 1. The number of aliphatic imine (C=N–C) groups is 1. The van der Waals surface area contributed by atoms with Crippen LogP contribution in [0.4, 0.5) is 10.1 Å². The number of rotatable bonds is 6. The average molecular weight is 390 g/mol. The van der Waals surface area contributed by atoms with Crippen LogP contribution in [0.2, 0.25) is 5.02 Å². The smallest absolute Gasteiger partial charge is 0.268 e. The highest BCUT2D eigenvalue weighted by molar-refractivity contribution is 7.87. The summed E-state index contributed by atoms with van der Waals surface area (Å²) >= 11 is 10.3. The molecule has 24 heavy (non-hydrogen) atoms. The Labute approximate surface area is 149 Å². The van der Waals surface area contributed by atoms with E-state index in [1.165, 1.54) is 13.8 Å². The van der Waals surface area contributed by atoms with Gasteiger partial charge < -0.3 is 0 Å². The number of amides is 1. The second-order valence-electron chi connectivity index (χ2n) is 4.71. The maximum atomic E-state index is 13.7. The number of carbonyl (C=O) groups excluding carboxylic acids is 1. The highest BCUT2D eigenvalue weighted by atomic mass is 35.5. The first-order valence-electron chi connectivity index (χ1n) is 6.49. The molecule has 0 heterocycles. The number of thiocarbonyl (C=S) groups is 1. The summed E-state index contributed by atoms with van der Waals surface area (Å²) in [6.07, 6.45) is 5.02. The van der Waals surface area contributed by atoms with Gasteiger partial charge in [0.05, 0.1) is 22.3 Å². The lowest BCUT2D eigenvalue weighted by Crippen LogP contribution is -2.48. The SMILES string of the molecule is C#CCNS(=O)(=O)N(C(=O)c1cc(N=C=S)c(F)cc1Cl)C(C)C. The number of benzene rings is 1. The predicted octanol–water partition coefficient (Wildman–Crippen LogP) is 2.53. The van der Waals surface area contributed by atoms with Crippen LogP contribution < -0.4 is 4.72 Å². The van der Waals surface area contributed by atoms with Crippen molar-refractivity contribution in [3.63, 3.8) is 0 Å². The summed E-state index contributed by atoms with van der Waals surface area (Å²) in [6.45, 7) is 2.68. The molecule has 1 amide bonds. The lowest BCUT2D eigenvalue weighted by molar-refractivity contribution is 0.0834. The van der Waals surface area contributed by atoms with Crippen LogP contribution >= 0.6 is 23.8 Å². The Balaban J connectivity index is 3.44. The number of isothiocyanates is 1. The molecule has 0 atom stereocenters. The maximum absolute atomic E-state index is 13.7. The highest BCUT2D eigenvalue weighted by Gasteiger charge is 2.32. The molecule has 10 heteroatoms. The van der Waals surface area contributed by atoms with E-state index in [9.17, 15) is 17.6 Å². The second kappa shape index (κ2) is 8.33. The summed E-state index contributed by atoms with van der Waals surface area (Å²) in [4.78, 5) is 16.1. The molecule has 1 N–H and O–H groups in total. The molecular weight excluding hydrogens is 377 g/mol. The van der Waals surface area contributed by atoms with Gasteiger partial charge in [-0.1, -0.05) is 17.5 Å². The molecule has 0 saturated heterocycles. The molecule has 1 rings (SSSR count). The summed E-state index contributed by atoms with van der Waals surface area (Å²) in [5.74, 6) is 0.323. The van der Waals surface area contributed by atoms with E-state index in [0.717, 1.165) is 12.1 Å². The van der Waals surface area contributed by atoms with Crippen LogP contribution in [0.25, 0.3) is 0 Å². The normalized spacial score (nSPS) is 10.8. The minimum Gasteiger partial charge on any atom is -0.268 e. The Kier molecular flexibility index (Phi) is 7.02. The first-order chi connectivity index (χ1) is 11.2. The Morgan fingerprint density at radius 1 is 1.54 bits per heavy atom. The zero-order valence-corrected chi connectivity index (χ0v) is 15.1. The minimum absolute atomic E-state index is 0.248. The van der Waals surface area contributed by atoms with Gasteiger partial charge in [-0.25, -0.2) is 8.70 Å². The number of nitrogens with zero attached hydrogens (tertiary/aromatic N) is 2.